The van der Waals surface area contributed by atoms with Gasteiger partial charge in [-0.2, -0.15) is 0 Å². The molecule has 0 heterocycles. The lowest BCUT2D eigenvalue weighted by atomic mass is 10.2. The van der Waals surface area contributed by atoms with E-state index in [4.69, 9.17) is 10.8 Å². The number of hydrogen-bond donors (Lipinski definition) is 4. The van der Waals surface area contributed by atoms with E-state index in [0.717, 1.165) is 6.07 Å². The van der Waals surface area contributed by atoms with Crippen LogP contribution in [-0.4, -0.2) is 28.6 Å². The number of nitrogens with two attached hydrogens (primary N) is 1. The second kappa shape index (κ2) is 4.43. The summed E-state index contributed by atoms with van der Waals surface area (Å²) in [6.07, 6.45) is 0. The Hall–Kier alpha value is -2.08. The van der Waals surface area contributed by atoms with Crippen molar-refractivity contribution in [1.82, 2.24) is 0 Å². The van der Waals surface area contributed by atoms with Gasteiger partial charge < -0.3 is 21.3 Å². The van der Waals surface area contributed by atoms with Gasteiger partial charge in [0.25, 0.3) is 0 Å². The van der Waals surface area contributed by atoms with Crippen molar-refractivity contribution in [2.75, 3.05) is 11.9 Å². The van der Waals surface area contributed by atoms with Gasteiger partial charge >= 0.3 is 5.97 Å². The van der Waals surface area contributed by atoms with Crippen LogP contribution in [-0.2, 0) is 4.79 Å². The van der Waals surface area contributed by atoms with Gasteiger partial charge in [0.1, 0.15) is 5.75 Å². The molecule has 6 nitrogen and oxygen atoms in total. The summed E-state index contributed by atoms with van der Waals surface area (Å²) in [5.74, 6) is -1.92. The highest BCUT2D eigenvalue weighted by Crippen LogP contribution is 2.23. The molecule has 0 aliphatic rings. The van der Waals surface area contributed by atoms with Crippen molar-refractivity contribution >= 4 is 17.6 Å². The van der Waals surface area contributed by atoms with Crippen molar-refractivity contribution in [3.63, 3.8) is 0 Å². The molecule has 0 atom stereocenters. The molecule has 0 aliphatic carbocycles. The molecule has 0 aliphatic heterocycles. The molecule has 6 heteroatoms. The van der Waals surface area contributed by atoms with Crippen LogP contribution in [0.5, 0.6) is 5.75 Å². The summed E-state index contributed by atoms with van der Waals surface area (Å²) in [6, 6.07) is 3.62. The fourth-order valence-corrected chi connectivity index (χ4v) is 0.972. The van der Waals surface area contributed by atoms with E-state index in [1.807, 2.05) is 0 Å². The molecule has 0 fully saturated rings. The zero-order valence-electron chi connectivity index (χ0n) is 7.73. The number of amides is 1. The van der Waals surface area contributed by atoms with Crippen LogP contribution in [0.25, 0.3) is 0 Å². The van der Waals surface area contributed by atoms with E-state index in [1.165, 1.54) is 12.1 Å². The van der Waals surface area contributed by atoms with E-state index in [2.05, 4.69) is 5.32 Å². The van der Waals surface area contributed by atoms with E-state index in [-0.39, 0.29) is 23.5 Å². The van der Waals surface area contributed by atoms with Gasteiger partial charge in [0, 0.05) is 0 Å². The van der Waals surface area contributed by atoms with E-state index in [0.29, 0.717) is 0 Å². The zero-order valence-corrected chi connectivity index (χ0v) is 7.73. The first-order valence-corrected chi connectivity index (χ1v) is 4.11. The molecule has 0 spiro atoms. The van der Waals surface area contributed by atoms with Crippen LogP contribution < -0.4 is 11.1 Å². The van der Waals surface area contributed by atoms with Gasteiger partial charge in [-0.05, 0) is 18.2 Å². The Morgan fingerprint density at radius 3 is 2.53 bits per heavy atom. The van der Waals surface area contributed by atoms with E-state index >= 15 is 0 Å². The van der Waals surface area contributed by atoms with Gasteiger partial charge in [-0.3, -0.25) is 4.79 Å². The number of carboxylic acid groups (broad SMARTS) is 1. The highest BCUT2D eigenvalue weighted by Gasteiger charge is 2.08. The van der Waals surface area contributed by atoms with Crippen LogP contribution in [0.4, 0.5) is 5.69 Å². The maximum atomic E-state index is 10.9. The quantitative estimate of drug-likeness (QED) is 0.524. The minimum Gasteiger partial charge on any atom is -0.506 e. The molecule has 0 saturated carbocycles. The van der Waals surface area contributed by atoms with Crippen LogP contribution >= 0.6 is 0 Å². The molecule has 1 aromatic rings. The highest BCUT2D eigenvalue weighted by atomic mass is 16.4. The molecule has 0 bridgehead atoms. The number of aromatic hydroxyl groups is 1. The third-order valence-corrected chi connectivity index (χ3v) is 1.70. The number of benzene rings is 1. The average Bonchev–Trinajstić information content (AvgIpc) is 2.20. The normalized spacial score (nSPS) is 9.67. The van der Waals surface area contributed by atoms with Crippen LogP contribution in [0, 0.1) is 0 Å². The number of nitrogens with one attached hydrogen (secondary N) is 1. The Balaban J connectivity index is 2.93. The van der Waals surface area contributed by atoms with E-state index in [9.17, 15) is 14.7 Å². The topological polar surface area (TPSA) is 113 Å². The number of carbonyl (C=O) groups is 2. The fraction of sp³-hybridized carbons (Fsp3) is 0.111. The molecule has 15 heavy (non-hydrogen) atoms. The molecule has 1 rings (SSSR count). The van der Waals surface area contributed by atoms with E-state index < -0.39 is 11.9 Å². The van der Waals surface area contributed by atoms with Gasteiger partial charge in [0.2, 0.25) is 5.91 Å². The molecule has 0 saturated heterocycles. The van der Waals surface area contributed by atoms with Crippen LogP contribution in [0.1, 0.15) is 10.4 Å². The number of carbonyl (C=O) groups excluding carboxylic acids is 1. The lowest BCUT2D eigenvalue weighted by Gasteiger charge is -2.06. The van der Waals surface area contributed by atoms with Gasteiger partial charge in [0.15, 0.2) is 0 Å². The smallest absolute Gasteiger partial charge is 0.335 e. The lowest BCUT2D eigenvalue weighted by Crippen LogP contribution is -2.21. The van der Waals surface area contributed by atoms with E-state index in [1.54, 1.807) is 0 Å². The number of anilines is 1. The molecule has 0 radical (unpaired) electrons. The Labute approximate surface area is 85.3 Å². The number of phenolic OH excluding ortho intramolecular Hbond substituents is 1. The van der Waals surface area contributed by atoms with Crippen molar-refractivity contribution < 1.29 is 19.8 Å². The highest BCUT2D eigenvalue weighted by molar-refractivity contribution is 5.95. The van der Waals surface area contributed by atoms with Crippen molar-refractivity contribution in [1.29, 1.82) is 0 Å². The van der Waals surface area contributed by atoms with Crippen molar-refractivity contribution in [2.24, 2.45) is 5.73 Å². The second-order valence-corrected chi connectivity index (χ2v) is 2.79. The Bertz CT molecular complexity index is 403. The Kier molecular flexibility index (Phi) is 3.25. The van der Waals surface area contributed by atoms with Crippen molar-refractivity contribution in [3.05, 3.63) is 23.8 Å². The molecule has 0 unspecified atom stereocenters. The SMILES string of the molecule is NCC(=O)Nc1ccc(C(=O)O)cc1O. The summed E-state index contributed by atoms with van der Waals surface area (Å²) < 4.78 is 0. The largest absolute Gasteiger partial charge is 0.506 e. The van der Waals surface area contributed by atoms with Gasteiger partial charge in [-0.1, -0.05) is 0 Å². The molecule has 5 N–H and O–H groups in total. The summed E-state index contributed by atoms with van der Waals surface area (Å²) in [7, 11) is 0. The summed E-state index contributed by atoms with van der Waals surface area (Å²) >= 11 is 0. The van der Waals surface area contributed by atoms with Crippen LogP contribution in [0.2, 0.25) is 0 Å². The number of aromatic carboxylic acids is 1. The van der Waals surface area contributed by atoms with Gasteiger partial charge in [-0.25, -0.2) is 4.79 Å². The molecular formula is C9H10N2O4. The van der Waals surface area contributed by atoms with Crippen molar-refractivity contribution in [3.8, 4) is 5.75 Å². The predicted octanol–water partition coefficient (Wildman–Crippen LogP) is -0.0124. The first kappa shape index (κ1) is 11.0. The molecule has 80 valence electrons. The first-order chi connectivity index (χ1) is 7.04. The second-order valence-electron chi connectivity index (χ2n) is 2.79. The minimum absolute atomic E-state index is 0.0572. The number of hydrogen-bond acceptors (Lipinski definition) is 4. The number of rotatable bonds is 3. The third-order valence-electron chi connectivity index (χ3n) is 1.70. The summed E-state index contributed by atoms with van der Waals surface area (Å²) in [5, 5.41) is 20.3. The lowest BCUT2D eigenvalue weighted by molar-refractivity contribution is -0.114. The maximum absolute atomic E-state index is 10.9. The average molecular weight is 210 g/mol. The van der Waals surface area contributed by atoms with Crippen molar-refractivity contribution in [2.45, 2.75) is 0 Å². The Morgan fingerprint density at radius 2 is 2.07 bits per heavy atom. The summed E-state index contributed by atoms with van der Waals surface area (Å²) in [4.78, 5) is 21.4. The summed E-state index contributed by atoms with van der Waals surface area (Å²) in [5.41, 5.74) is 5.14. The molecule has 1 amide bonds. The third kappa shape index (κ3) is 2.68. The molecular weight excluding hydrogens is 200 g/mol. The predicted molar refractivity (Wildman–Crippen MR) is 52.8 cm³/mol. The standard InChI is InChI=1S/C9H10N2O4/c10-4-8(13)11-6-2-1-5(9(14)15)3-7(6)12/h1-3,12H,4,10H2,(H,11,13)(H,14,15). The monoisotopic (exact) mass is 210 g/mol. The Morgan fingerprint density at radius 1 is 1.40 bits per heavy atom. The van der Waals surface area contributed by atoms with Gasteiger partial charge in [0.05, 0.1) is 17.8 Å². The fourth-order valence-electron chi connectivity index (χ4n) is 0.972. The first-order valence-electron chi connectivity index (χ1n) is 4.11. The zero-order chi connectivity index (χ0) is 11.4. The number of carboxylic acids is 1. The molecule has 1 aromatic carbocycles. The molecule has 0 aromatic heterocycles. The van der Waals surface area contributed by atoms with Gasteiger partial charge in [-0.15, -0.1) is 0 Å². The summed E-state index contributed by atoms with van der Waals surface area (Å²) in [6.45, 7) is -0.208. The van der Waals surface area contributed by atoms with Crippen LogP contribution in [0.3, 0.4) is 0 Å². The minimum atomic E-state index is -1.15. The number of phenols is 1. The maximum Gasteiger partial charge on any atom is 0.335 e. The van der Waals surface area contributed by atoms with Crippen LogP contribution in [0.15, 0.2) is 18.2 Å².